The lowest BCUT2D eigenvalue weighted by Crippen LogP contribution is -2.50. The van der Waals surface area contributed by atoms with Crippen LogP contribution in [0.25, 0.3) is 0 Å². The highest BCUT2D eigenvalue weighted by atomic mass is 35.5. The van der Waals surface area contributed by atoms with Crippen molar-refractivity contribution in [3.05, 3.63) is 34.9 Å². The third-order valence-electron chi connectivity index (χ3n) is 3.53. The van der Waals surface area contributed by atoms with Gasteiger partial charge in [-0.3, -0.25) is 9.69 Å². The smallest absolute Gasteiger partial charge is 0.219 e. The van der Waals surface area contributed by atoms with Crippen LogP contribution in [0.2, 0.25) is 5.02 Å². The summed E-state index contributed by atoms with van der Waals surface area (Å²) < 4.78 is 0. The maximum Gasteiger partial charge on any atom is 0.219 e. The Kier molecular flexibility index (Phi) is 6.03. The molecular weight excluding hydrogens is 304 g/mol. The summed E-state index contributed by atoms with van der Waals surface area (Å²) in [4.78, 5) is 20.5. The monoisotopic (exact) mass is 324 g/mol. The van der Waals surface area contributed by atoms with Gasteiger partial charge in [0.1, 0.15) is 6.61 Å². The van der Waals surface area contributed by atoms with Crippen molar-refractivity contribution < 1.29 is 9.63 Å². The highest BCUT2D eigenvalue weighted by Crippen LogP contribution is 2.10. The first-order valence-electron chi connectivity index (χ1n) is 7.21. The summed E-state index contributed by atoms with van der Waals surface area (Å²) in [5, 5.41) is 4.62. The molecule has 2 N–H and O–H groups in total. The van der Waals surface area contributed by atoms with Crippen LogP contribution in [0.15, 0.2) is 29.4 Å². The van der Waals surface area contributed by atoms with Gasteiger partial charge < -0.3 is 15.5 Å². The molecule has 1 aliphatic rings. The number of carbonyl (C=O) groups is 1. The van der Waals surface area contributed by atoms with Crippen molar-refractivity contribution >= 4 is 23.3 Å². The van der Waals surface area contributed by atoms with E-state index in [0.717, 1.165) is 31.7 Å². The second-order valence-electron chi connectivity index (χ2n) is 5.26. The molecule has 0 aliphatic carbocycles. The first-order valence-corrected chi connectivity index (χ1v) is 7.59. The number of halogens is 1. The number of nitrogens with two attached hydrogens (primary N) is 1. The van der Waals surface area contributed by atoms with Gasteiger partial charge >= 0.3 is 0 Å². The number of oxime groups is 1. The van der Waals surface area contributed by atoms with Crippen molar-refractivity contribution in [1.29, 1.82) is 0 Å². The number of piperazine rings is 1. The molecule has 120 valence electrons. The molecule has 1 saturated heterocycles. The molecule has 1 aromatic rings. The fourth-order valence-electron chi connectivity index (χ4n) is 2.25. The summed E-state index contributed by atoms with van der Waals surface area (Å²) in [7, 11) is 0. The molecule has 22 heavy (non-hydrogen) atoms. The van der Waals surface area contributed by atoms with E-state index in [1.165, 1.54) is 0 Å². The Morgan fingerprint density at radius 2 is 1.91 bits per heavy atom. The van der Waals surface area contributed by atoms with E-state index in [-0.39, 0.29) is 5.91 Å². The Labute approximate surface area is 135 Å². The molecule has 0 spiro atoms. The summed E-state index contributed by atoms with van der Waals surface area (Å²) in [6, 6.07) is 7.38. The van der Waals surface area contributed by atoms with E-state index in [4.69, 9.17) is 22.2 Å². The van der Waals surface area contributed by atoms with Crippen LogP contribution in [0, 0.1) is 0 Å². The van der Waals surface area contributed by atoms with Gasteiger partial charge in [-0.1, -0.05) is 28.9 Å². The average molecular weight is 325 g/mol. The van der Waals surface area contributed by atoms with Gasteiger partial charge in [0.25, 0.3) is 0 Å². The minimum atomic E-state index is 0.118. The Balaban J connectivity index is 1.72. The van der Waals surface area contributed by atoms with Gasteiger partial charge in [-0.15, -0.1) is 0 Å². The van der Waals surface area contributed by atoms with Crippen LogP contribution in [0.3, 0.4) is 0 Å². The van der Waals surface area contributed by atoms with Crippen molar-refractivity contribution in [3.8, 4) is 0 Å². The Morgan fingerprint density at radius 3 is 2.50 bits per heavy atom. The molecule has 0 radical (unpaired) electrons. The molecule has 0 aromatic heterocycles. The van der Waals surface area contributed by atoms with Crippen LogP contribution in [0.5, 0.6) is 0 Å². The van der Waals surface area contributed by atoms with Crippen molar-refractivity contribution in [2.75, 3.05) is 32.7 Å². The van der Waals surface area contributed by atoms with Gasteiger partial charge in [0.2, 0.25) is 5.91 Å². The zero-order chi connectivity index (χ0) is 15.9. The van der Waals surface area contributed by atoms with Gasteiger partial charge in [-0.25, -0.2) is 0 Å². The maximum atomic E-state index is 11.3. The lowest BCUT2D eigenvalue weighted by atomic mass is 10.2. The fraction of sp³-hybridized carbons (Fsp3) is 0.467. The molecule has 1 aromatic carbocycles. The summed E-state index contributed by atoms with van der Waals surface area (Å²) in [5.74, 6) is 0.554. The average Bonchev–Trinajstić information content (AvgIpc) is 2.50. The van der Waals surface area contributed by atoms with E-state index in [1.54, 1.807) is 6.92 Å². The molecule has 6 nitrogen and oxygen atoms in total. The standard InChI is InChI=1S/C15H21ClN4O2/c1-12(21)20-8-6-19(7-9-20)10-15(17)18-22-11-13-2-4-14(16)5-3-13/h2-5H,6-11H2,1H3,(H2,17,18). The number of amidine groups is 1. The molecule has 2 rings (SSSR count). The normalized spacial score (nSPS) is 16.6. The zero-order valence-electron chi connectivity index (χ0n) is 12.7. The van der Waals surface area contributed by atoms with E-state index in [9.17, 15) is 4.79 Å². The minimum Gasteiger partial charge on any atom is -0.389 e. The number of hydrogen-bond acceptors (Lipinski definition) is 4. The Hall–Kier alpha value is -1.79. The second kappa shape index (κ2) is 8.00. The number of hydrogen-bond donors (Lipinski definition) is 1. The first-order chi connectivity index (χ1) is 10.5. The van der Waals surface area contributed by atoms with E-state index in [0.29, 0.717) is 24.0 Å². The molecule has 1 amide bonds. The molecule has 0 saturated carbocycles. The predicted octanol–water partition coefficient (Wildman–Crippen LogP) is 1.29. The summed E-state index contributed by atoms with van der Waals surface area (Å²) >= 11 is 5.82. The van der Waals surface area contributed by atoms with Crippen molar-refractivity contribution in [2.45, 2.75) is 13.5 Å². The van der Waals surface area contributed by atoms with Gasteiger partial charge in [0, 0.05) is 38.1 Å². The number of amides is 1. The molecule has 7 heteroatoms. The third-order valence-corrected chi connectivity index (χ3v) is 3.78. The molecule has 0 atom stereocenters. The highest BCUT2D eigenvalue weighted by molar-refractivity contribution is 6.30. The van der Waals surface area contributed by atoms with Gasteiger partial charge in [-0.2, -0.15) is 0 Å². The van der Waals surface area contributed by atoms with E-state index < -0.39 is 0 Å². The van der Waals surface area contributed by atoms with Crippen LogP contribution in [-0.2, 0) is 16.2 Å². The topological polar surface area (TPSA) is 71.2 Å². The molecule has 0 bridgehead atoms. The van der Waals surface area contributed by atoms with Crippen LogP contribution in [-0.4, -0.2) is 54.3 Å². The number of carbonyl (C=O) groups excluding carboxylic acids is 1. The van der Waals surface area contributed by atoms with Crippen LogP contribution >= 0.6 is 11.6 Å². The Bertz CT molecular complexity index is 525. The largest absolute Gasteiger partial charge is 0.389 e. The molecule has 1 heterocycles. The van der Waals surface area contributed by atoms with Crippen molar-refractivity contribution in [3.63, 3.8) is 0 Å². The molecule has 1 aliphatic heterocycles. The summed E-state index contributed by atoms with van der Waals surface area (Å²) in [6.45, 7) is 5.56. The molecular formula is C15H21ClN4O2. The Morgan fingerprint density at radius 1 is 1.27 bits per heavy atom. The maximum absolute atomic E-state index is 11.3. The third kappa shape index (κ3) is 5.20. The van der Waals surface area contributed by atoms with Gasteiger partial charge in [-0.05, 0) is 17.7 Å². The second-order valence-corrected chi connectivity index (χ2v) is 5.70. The lowest BCUT2D eigenvalue weighted by molar-refractivity contribution is -0.130. The fourth-order valence-corrected chi connectivity index (χ4v) is 2.38. The minimum absolute atomic E-state index is 0.118. The van der Waals surface area contributed by atoms with E-state index in [1.807, 2.05) is 29.2 Å². The van der Waals surface area contributed by atoms with Gasteiger partial charge in [0.05, 0.1) is 6.54 Å². The van der Waals surface area contributed by atoms with E-state index >= 15 is 0 Å². The van der Waals surface area contributed by atoms with Crippen LogP contribution < -0.4 is 5.73 Å². The van der Waals surface area contributed by atoms with Crippen molar-refractivity contribution in [1.82, 2.24) is 9.80 Å². The number of nitrogens with zero attached hydrogens (tertiary/aromatic N) is 3. The number of rotatable bonds is 5. The summed E-state index contributed by atoms with van der Waals surface area (Å²) in [6.07, 6.45) is 0. The predicted molar refractivity (Wildman–Crippen MR) is 86.6 cm³/mol. The van der Waals surface area contributed by atoms with Gasteiger partial charge in [0.15, 0.2) is 5.84 Å². The number of benzene rings is 1. The van der Waals surface area contributed by atoms with Crippen molar-refractivity contribution in [2.24, 2.45) is 10.9 Å². The van der Waals surface area contributed by atoms with Crippen LogP contribution in [0.1, 0.15) is 12.5 Å². The SMILES string of the molecule is CC(=O)N1CCN(C/C(N)=N/OCc2ccc(Cl)cc2)CC1. The molecule has 1 fully saturated rings. The zero-order valence-corrected chi connectivity index (χ0v) is 13.4. The van der Waals surface area contributed by atoms with E-state index in [2.05, 4.69) is 10.1 Å². The first kappa shape index (κ1) is 16.6. The summed E-state index contributed by atoms with van der Waals surface area (Å²) in [5.41, 5.74) is 6.85. The molecule has 0 unspecified atom stereocenters. The quantitative estimate of drug-likeness (QED) is 0.503. The highest BCUT2D eigenvalue weighted by Gasteiger charge is 2.18. The van der Waals surface area contributed by atoms with Crippen LogP contribution in [0.4, 0.5) is 0 Å². The lowest BCUT2D eigenvalue weighted by Gasteiger charge is -2.33.